The first-order valence-electron chi connectivity index (χ1n) is 14.2. The number of oxazole rings is 1. The lowest BCUT2D eigenvalue weighted by Crippen LogP contribution is -2.42. The summed E-state index contributed by atoms with van der Waals surface area (Å²) in [5.74, 6) is 0.729. The number of ether oxygens (including phenoxy) is 2. The van der Waals surface area contributed by atoms with Gasteiger partial charge in [-0.3, -0.25) is 14.2 Å². The average molecular weight is 555 g/mol. The van der Waals surface area contributed by atoms with Gasteiger partial charge in [0.05, 0.1) is 5.52 Å². The Hall–Kier alpha value is -4.17. The largest absolute Gasteiger partial charge is 0.461 e. The zero-order chi connectivity index (χ0) is 28.6. The van der Waals surface area contributed by atoms with Crippen molar-refractivity contribution < 1.29 is 23.5 Å². The molecule has 0 saturated heterocycles. The Bertz CT molecular complexity index is 1600. The fraction of sp³-hybridized carbons (Fsp3) is 0.364. The van der Waals surface area contributed by atoms with Crippen LogP contribution >= 0.6 is 0 Å². The molecule has 6 rings (SSSR count). The highest BCUT2D eigenvalue weighted by Gasteiger charge is 2.46. The summed E-state index contributed by atoms with van der Waals surface area (Å²) in [5.41, 5.74) is 2.33. The van der Waals surface area contributed by atoms with Crippen LogP contribution in [0.15, 0.2) is 75.9 Å². The fourth-order valence-corrected chi connectivity index (χ4v) is 6.32. The van der Waals surface area contributed by atoms with E-state index in [0.717, 1.165) is 56.1 Å². The van der Waals surface area contributed by atoms with Crippen molar-refractivity contribution in [3.63, 3.8) is 0 Å². The maximum Gasteiger partial charge on any atom is 0.419 e. The Morgan fingerprint density at radius 3 is 2.34 bits per heavy atom. The van der Waals surface area contributed by atoms with Crippen LogP contribution < -0.4 is 10.5 Å². The number of aryl methyl sites for hydroxylation is 1. The molecule has 3 aromatic carbocycles. The van der Waals surface area contributed by atoms with E-state index in [9.17, 15) is 14.4 Å². The van der Waals surface area contributed by atoms with E-state index in [-0.39, 0.29) is 12.1 Å². The van der Waals surface area contributed by atoms with E-state index in [4.69, 9.17) is 13.9 Å². The van der Waals surface area contributed by atoms with Gasteiger partial charge >= 0.3 is 11.7 Å². The van der Waals surface area contributed by atoms with Gasteiger partial charge in [-0.15, -0.1) is 0 Å². The first-order valence-corrected chi connectivity index (χ1v) is 14.2. The van der Waals surface area contributed by atoms with Gasteiger partial charge in [-0.05, 0) is 83.0 Å². The molecule has 212 valence electrons. The third kappa shape index (κ3) is 4.97. The first kappa shape index (κ1) is 27.0. The number of nitrogens with zero attached hydrogens (tertiary/aromatic N) is 2. The van der Waals surface area contributed by atoms with Crippen LogP contribution in [0.2, 0.25) is 0 Å². The summed E-state index contributed by atoms with van der Waals surface area (Å²) in [7, 11) is 2.11. The Balaban J connectivity index is 1.05. The van der Waals surface area contributed by atoms with E-state index in [1.54, 1.807) is 22.8 Å². The number of esters is 1. The van der Waals surface area contributed by atoms with Gasteiger partial charge < -0.3 is 18.8 Å². The van der Waals surface area contributed by atoms with Gasteiger partial charge in [0.15, 0.2) is 5.58 Å². The highest BCUT2D eigenvalue weighted by molar-refractivity contribution is 5.90. The van der Waals surface area contributed by atoms with Crippen molar-refractivity contribution in [3.8, 4) is 11.5 Å². The van der Waals surface area contributed by atoms with Gasteiger partial charge in [0, 0.05) is 29.3 Å². The molecule has 1 aliphatic carbocycles. The third-order valence-corrected chi connectivity index (χ3v) is 8.74. The van der Waals surface area contributed by atoms with Gasteiger partial charge in [-0.2, -0.15) is 0 Å². The molecule has 8 nitrogen and oxygen atoms in total. The number of fused-ring (bicyclic) bond motifs is 3. The van der Waals surface area contributed by atoms with Crippen molar-refractivity contribution in [2.24, 2.45) is 0 Å². The van der Waals surface area contributed by atoms with Crippen LogP contribution in [-0.4, -0.2) is 47.5 Å². The third-order valence-electron chi connectivity index (χ3n) is 8.74. The first-order chi connectivity index (χ1) is 19.9. The number of para-hydroxylation sites is 2. The van der Waals surface area contributed by atoms with Crippen LogP contribution in [0, 0.1) is 0 Å². The molecule has 0 atom stereocenters. The predicted octanol–water partition coefficient (Wildman–Crippen LogP) is 5.70. The van der Waals surface area contributed by atoms with Gasteiger partial charge in [-0.1, -0.05) is 36.4 Å². The molecular weight excluding hydrogens is 520 g/mol. The van der Waals surface area contributed by atoms with E-state index in [1.165, 1.54) is 0 Å². The zero-order valence-corrected chi connectivity index (χ0v) is 23.4. The second-order valence-corrected chi connectivity index (χ2v) is 11.3. The number of hydrogen-bond acceptors (Lipinski definition) is 7. The Kier molecular flexibility index (Phi) is 7.26. The summed E-state index contributed by atoms with van der Waals surface area (Å²) in [5, 5.41) is 0. The van der Waals surface area contributed by atoms with Crippen molar-refractivity contribution in [2.45, 2.75) is 63.1 Å². The van der Waals surface area contributed by atoms with Crippen LogP contribution in [0.5, 0.6) is 11.5 Å². The second-order valence-electron chi connectivity index (χ2n) is 11.3. The number of carbonyl (C=O) groups excluding carboxylic acids is 2. The van der Waals surface area contributed by atoms with Crippen molar-refractivity contribution in [1.29, 1.82) is 0 Å². The van der Waals surface area contributed by atoms with Gasteiger partial charge in [-0.25, -0.2) is 4.79 Å². The van der Waals surface area contributed by atoms with Crippen molar-refractivity contribution >= 4 is 23.4 Å². The summed E-state index contributed by atoms with van der Waals surface area (Å²) < 4.78 is 19.3. The minimum atomic E-state index is -0.941. The Morgan fingerprint density at radius 1 is 1.02 bits per heavy atom. The van der Waals surface area contributed by atoms with Crippen molar-refractivity contribution in [1.82, 2.24) is 9.47 Å². The van der Waals surface area contributed by atoms with Gasteiger partial charge in [0.25, 0.3) is 0 Å². The summed E-state index contributed by atoms with van der Waals surface area (Å²) in [6, 6.07) is 20.8. The number of aromatic nitrogens is 1. The molecule has 1 fully saturated rings. The molecule has 2 heterocycles. The number of carbonyl (C=O) groups is 2. The van der Waals surface area contributed by atoms with Crippen LogP contribution in [0.25, 0.3) is 11.1 Å². The molecule has 41 heavy (non-hydrogen) atoms. The molecule has 1 aromatic heterocycles. The van der Waals surface area contributed by atoms with E-state index in [1.807, 2.05) is 55.5 Å². The average Bonchev–Trinajstić information content (AvgIpc) is 3.31. The van der Waals surface area contributed by atoms with E-state index in [0.29, 0.717) is 40.7 Å². The molecule has 0 N–H and O–H groups in total. The summed E-state index contributed by atoms with van der Waals surface area (Å²) in [6.45, 7) is 3.30. The minimum Gasteiger partial charge on any atom is -0.461 e. The van der Waals surface area contributed by atoms with Crippen LogP contribution in [0.4, 0.5) is 0 Å². The smallest absolute Gasteiger partial charge is 0.419 e. The van der Waals surface area contributed by atoms with E-state index in [2.05, 4.69) is 11.9 Å². The van der Waals surface area contributed by atoms with E-state index < -0.39 is 11.2 Å². The quantitative estimate of drug-likeness (QED) is 0.204. The lowest BCUT2D eigenvalue weighted by Gasteiger charge is -2.38. The number of aldehydes is 1. The molecule has 1 saturated carbocycles. The molecule has 0 amide bonds. The zero-order valence-electron chi connectivity index (χ0n) is 23.4. The summed E-state index contributed by atoms with van der Waals surface area (Å²) in [4.78, 5) is 39.5. The lowest BCUT2D eigenvalue weighted by molar-refractivity contribution is -0.156. The molecule has 8 heteroatoms. The van der Waals surface area contributed by atoms with Crippen molar-refractivity contribution in [2.75, 3.05) is 13.6 Å². The number of hydrogen-bond donors (Lipinski definition) is 0. The Morgan fingerprint density at radius 2 is 1.68 bits per heavy atom. The molecule has 0 unspecified atom stereocenters. The maximum absolute atomic E-state index is 13.8. The molecule has 0 spiro atoms. The topological polar surface area (TPSA) is 91.0 Å². The summed E-state index contributed by atoms with van der Waals surface area (Å²) >= 11 is 0. The van der Waals surface area contributed by atoms with E-state index >= 15 is 0 Å². The highest BCUT2D eigenvalue weighted by atomic mass is 16.5. The second kappa shape index (κ2) is 11.0. The standard InChI is InChI=1S/C33H34N2O6/c1-33(25-8-3-5-10-28(25)40-29-11-6-4-9-26(29)33)31(37)39-24-15-13-23(14-16-24)34(2)18-7-19-35-27-17-12-22(21-36)20-30(27)41-32(35)38/h3-6,8-12,17,20-21,23-24H,7,13-16,18-19H2,1-2H3. The highest BCUT2D eigenvalue weighted by Crippen LogP contribution is 2.48. The fourth-order valence-electron chi connectivity index (χ4n) is 6.32. The molecule has 1 aliphatic heterocycles. The monoisotopic (exact) mass is 554 g/mol. The number of benzene rings is 3. The summed E-state index contributed by atoms with van der Waals surface area (Å²) in [6.07, 6.45) is 4.88. The molecule has 2 aliphatic rings. The number of rotatable bonds is 8. The van der Waals surface area contributed by atoms with Crippen LogP contribution in [0.3, 0.4) is 0 Å². The SMILES string of the molecule is CN(CCCn1c(=O)oc2cc(C=O)ccc21)C1CCC(OC(=O)C2(C)c3ccccc3Oc3ccccc32)CC1. The van der Waals surface area contributed by atoms with Crippen LogP contribution in [-0.2, 0) is 21.5 Å². The molecule has 0 radical (unpaired) electrons. The Labute approximate surface area is 238 Å². The van der Waals surface area contributed by atoms with Crippen LogP contribution in [0.1, 0.15) is 60.5 Å². The van der Waals surface area contributed by atoms with Crippen molar-refractivity contribution in [3.05, 3.63) is 94.0 Å². The van der Waals surface area contributed by atoms with Gasteiger partial charge in [0.2, 0.25) is 0 Å². The molecule has 4 aromatic rings. The molecule has 0 bridgehead atoms. The normalized spacial score (nSPS) is 19.3. The predicted molar refractivity (Wildman–Crippen MR) is 155 cm³/mol. The maximum atomic E-state index is 13.8. The van der Waals surface area contributed by atoms with Gasteiger partial charge in [0.1, 0.15) is 29.3 Å². The molecular formula is C33H34N2O6. The lowest BCUT2D eigenvalue weighted by atomic mass is 9.74. The minimum absolute atomic E-state index is 0.127.